The molecule has 0 spiro atoms. The van der Waals surface area contributed by atoms with Gasteiger partial charge in [-0.15, -0.1) is 0 Å². The maximum Gasteiger partial charge on any atom is 0.254 e. The Morgan fingerprint density at radius 2 is 2.20 bits per heavy atom. The van der Waals surface area contributed by atoms with Gasteiger partial charge >= 0.3 is 0 Å². The molecular weight excluding hydrogens is 258 g/mol. The maximum absolute atomic E-state index is 12.1. The number of carbonyl (C=O) groups excluding carboxylic acids is 1. The lowest BCUT2D eigenvalue weighted by Crippen LogP contribution is -2.34. The summed E-state index contributed by atoms with van der Waals surface area (Å²) in [5, 5.41) is 9.86. The van der Waals surface area contributed by atoms with E-state index < -0.39 is 5.60 Å². The van der Waals surface area contributed by atoms with Crippen LogP contribution in [0.1, 0.15) is 36.8 Å². The number of hydrogen-bond donors (Lipinski definition) is 2. The number of carbonyl (C=O) groups is 1. The fourth-order valence-electron chi connectivity index (χ4n) is 2.59. The number of hydrogen-bond acceptors (Lipinski definition) is 4. The second-order valence-corrected chi connectivity index (χ2v) is 5.78. The van der Waals surface area contributed by atoms with Crippen molar-refractivity contribution in [1.82, 2.24) is 14.9 Å². The number of rotatable bonds is 3. The third-order valence-corrected chi connectivity index (χ3v) is 3.73. The summed E-state index contributed by atoms with van der Waals surface area (Å²) in [4.78, 5) is 32.4. The molecule has 1 aliphatic heterocycles. The zero-order valence-corrected chi connectivity index (χ0v) is 12.2. The van der Waals surface area contributed by atoms with Crippen LogP contribution in [0.2, 0.25) is 0 Å². The van der Waals surface area contributed by atoms with Gasteiger partial charge < -0.3 is 15.0 Å². The van der Waals surface area contributed by atoms with Gasteiger partial charge in [0.05, 0.1) is 5.60 Å². The van der Waals surface area contributed by atoms with Gasteiger partial charge in [0.1, 0.15) is 5.82 Å². The van der Waals surface area contributed by atoms with Crippen molar-refractivity contribution in [1.29, 1.82) is 0 Å². The Morgan fingerprint density at radius 3 is 2.75 bits per heavy atom. The van der Waals surface area contributed by atoms with Crippen molar-refractivity contribution < 1.29 is 9.90 Å². The molecule has 0 saturated carbocycles. The van der Waals surface area contributed by atoms with Crippen LogP contribution in [0.5, 0.6) is 0 Å². The minimum Gasteiger partial charge on any atom is -0.388 e. The number of amides is 1. The van der Waals surface area contributed by atoms with E-state index in [-0.39, 0.29) is 17.9 Å². The molecule has 1 saturated heterocycles. The zero-order chi connectivity index (χ0) is 14.9. The summed E-state index contributed by atoms with van der Waals surface area (Å²) in [6, 6.07) is 0. The summed E-state index contributed by atoms with van der Waals surface area (Å²) in [5.41, 5.74) is 0.285. The predicted octanol–water partition coefficient (Wildman–Crippen LogP) is 0.303. The van der Waals surface area contributed by atoms with Crippen LogP contribution >= 0.6 is 0 Å². The van der Waals surface area contributed by atoms with Crippen molar-refractivity contribution in [2.45, 2.75) is 45.6 Å². The fraction of sp³-hybridized carbons (Fsp3) is 0.643. The van der Waals surface area contributed by atoms with E-state index in [4.69, 9.17) is 0 Å². The third-order valence-electron chi connectivity index (χ3n) is 3.73. The molecule has 0 aromatic carbocycles. The third kappa shape index (κ3) is 3.25. The van der Waals surface area contributed by atoms with Crippen LogP contribution in [0.15, 0.2) is 4.79 Å². The first-order valence-corrected chi connectivity index (χ1v) is 6.85. The highest BCUT2D eigenvalue weighted by molar-refractivity contribution is 5.76. The molecule has 0 radical (unpaired) electrons. The average Bonchev–Trinajstić information content (AvgIpc) is 2.68. The summed E-state index contributed by atoms with van der Waals surface area (Å²) in [6.07, 6.45) is 1.25. The van der Waals surface area contributed by atoms with E-state index >= 15 is 0 Å². The highest BCUT2D eigenvalue weighted by Gasteiger charge is 2.33. The number of aromatic nitrogens is 2. The zero-order valence-electron chi connectivity index (χ0n) is 12.2. The minimum absolute atomic E-state index is 0.0258. The van der Waals surface area contributed by atoms with Crippen molar-refractivity contribution in [3.05, 3.63) is 27.4 Å². The van der Waals surface area contributed by atoms with Crippen LogP contribution in [-0.2, 0) is 11.2 Å². The molecule has 6 nitrogen and oxygen atoms in total. The van der Waals surface area contributed by atoms with E-state index in [0.29, 0.717) is 43.0 Å². The van der Waals surface area contributed by atoms with Crippen LogP contribution in [-0.4, -0.2) is 44.6 Å². The van der Waals surface area contributed by atoms with E-state index in [2.05, 4.69) is 9.97 Å². The molecule has 1 aliphatic rings. The van der Waals surface area contributed by atoms with Gasteiger partial charge in [-0.05, 0) is 33.6 Å². The number of nitrogens with zero attached hydrogens (tertiary/aromatic N) is 2. The lowest BCUT2D eigenvalue weighted by Gasteiger charge is -2.19. The molecule has 0 aliphatic carbocycles. The smallest absolute Gasteiger partial charge is 0.254 e. The van der Waals surface area contributed by atoms with Crippen molar-refractivity contribution in [2.75, 3.05) is 13.1 Å². The Kier molecular flexibility index (Phi) is 3.94. The molecule has 1 unspecified atom stereocenters. The monoisotopic (exact) mass is 279 g/mol. The van der Waals surface area contributed by atoms with E-state index in [0.717, 1.165) is 0 Å². The molecule has 1 atom stereocenters. The second-order valence-electron chi connectivity index (χ2n) is 5.78. The minimum atomic E-state index is -0.783. The van der Waals surface area contributed by atoms with Crippen LogP contribution in [0.25, 0.3) is 0 Å². The molecule has 1 aromatic heterocycles. The lowest BCUT2D eigenvalue weighted by molar-refractivity contribution is -0.131. The van der Waals surface area contributed by atoms with E-state index in [1.807, 2.05) is 0 Å². The number of aliphatic hydroxyl groups is 1. The van der Waals surface area contributed by atoms with Gasteiger partial charge in [-0.2, -0.15) is 0 Å². The summed E-state index contributed by atoms with van der Waals surface area (Å²) in [6.45, 7) is 6.19. The Morgan fingerprint density at radius 1 is 1.50 bits per heavy atom. The number of β-amino-alcohol motifs (C(OH)–C–C–N with tert-alkyl or cyclic N) is 1. The first-order chi connectivity index (χ1) is 9.28. The van der Waals surface area contributed by atoms with Gasteiger partial charge in [0, 0.05) is 30.8 Å². The molecule has 1 aromatic rings. The van der Waals surface area contributed by atoms with Crippen molar-refractivity contribution in [3.8, 4) is 0 Å². The number of likely N-dealkylation sites (tertiary alicyclic amines) is 1. The highest BCUT2D eigenvalue weighted by Crippen LogP contribution is 2.21. The Bertz CT molecular complexity index is 578. The average molecular weight is 279 g/mol. The fourth-order valence-corrected chi connectivity index (χ4v) is 2.59. The van der Waals surface area contributed by atoms with Gasteiger partial charge in [0.15, 0.2) is 0 Å². The highest BCUT2D eigenvalue weighted by atomic mass is 16.3. The summed E-state index contributed by atoms with van der Waals surface area (Å²) in [7, 11) is 0. The van der Waals surface area contributed by atoms with Crippen LogP contribution in [0, 0.1) is 13.8 Å². The number of nitrogens with one attached hydrogen (secondary N) is 1. The lowest BCUT2D eigenvalue weighted by atomic mass is 10.1. The maximum atomic E-state index is 12.1. The molecule has 6 heteroatoms. The van der Waals surface area contributed by atoms with E-state index in [1.54, 1.807) is 25.7 Å². The van der Waals surface area contributed by atoms with Crippen LogP contribution in [0.3, 0.4) is 0 Å². The standard InChI is InChI=1S/C14H21N3O3/c1-9-11(13(19)16-10(2)15-9)4-5-12(18)17-7-6-14(3,20)8-17/h20H,4-8H2,1-3H3,(H,15,16,19). The van der Waals surface area contributed by atoms with Gasteiger partial charge in [-0.3, -0.25) is 9.59 Å². The van der Waals surface area contributed by atoms with E-state index in [9.17, 15) is 14.7 Å². The normalized spacial score (nSPS) is 22.3. The van der Waals surface area contributed by atoms with Crippen LogP contribution in [0.4, 0.5) is 0 Å². The van der Waals surface area contributed by atoms with Crippen molar-refractivity contribution >= 4 is 5.91 Å². The Labute approximate surface area is 117 Å². The molecule has 1 amide bonds. The molecular formula is C14H21N3O3. The summed E-state index contributed by atoms with van der Waals surface area (Å²) in [5.74, 6) is 0.556. The predicted molar refractivity (Wildman–Crippen MR) is 74.5 cm³/mol. The number of aryl methyl sites for hydroxylation is 2. The van der Waals surface area contributed by atoms with Crippen molar-refractivity contribution in [2.24, 2.45) is 0 Å². The Hall–Kier alpha value is -1.69. The first-order valence-electron chi connectivity index (χ1n) is 6.85. The van der Waals surface area contributed by atoms with Gasteiger partial charge in [0.2, 0.25) is 5.91 Å². The van der Waals surface area contributed by atoms with Gasteiger partial charge in [-0.25, -0.2) is 4.98 Å². The molecule has 2 N–H and O–H groups in total. The Balaban J connectivity index is 2.00. The molecule has 2 rings (SSSR count). The molecule has 20 heavy (non-hydrogen) atoms. The molecule has 0 bridgehead atoms. The van der Waals surface area contributed by atoms with Gasteiger partial charge in [0.25, 0.3) is 5.56 Å². The molecule has 2 heterocycles. The molecule has 1 fully saturated rings. The molecule has 110 valence electrons. The number of H-pyrrole nitrogens is 1. The second kappa shape index (κ2) is 5.36. The van der Waals surface area contributed by atoms with Crippen LogP contribution < -0.4 is 5.56 Å². The summed E-state index contributed by atoms with van der Waals surface area (Å²) >= 11 is 0. The largest absolute Gasteiger partial charge is 0.388 e. The first kappa shape index (κ1) is 14.7. The van der Waals surface area contributed by atoms with Gasteiger partial charge in [-0.1, -0.05) is 0 Å². The SMILES string of the molecule is Cc1nc(C)c(CCC(=O)N2CCC(C)(O)C2)c(=O)[nH]1. The topological polar surface area (TPSA) is 86.3 Å². The van der Waals surface area contributed by atoms with Crippen molar-refractivity contribution in [3.63, 3.8) is 0 Å². The quantitative estimate of drug-likeness (QED) is 0.833. The number of aromatic amines is 1. The van der Waals surface area contributed by atoms with E-state index in [1.165, 1.54) is 0 Å². The summed E-state index contributed by atoms with van der Waals surface area (Å²) < 4.78 is 0.